The molecule has 1 aromatic carbocycles. The number of benzene rings is 1. The van der Waals surface area contributed by atoms with Gasteiger partial charge < -0.3 is 5.11 Å². The number of nitrogens with zero attached hydrogens (tertiary/aromatic N) is 3. The van der Waals surface area contributed by atoms with E-state index >= 15 is 0 Å². The lowest BCUT2D eigenvalue weighted by Gasteiger charge is -1.97. The van der Waals surface area contributed by atoms with Gasteiger partial charge in [-0.25, -0.2) is 4.68 Å². The zero-order valence-electron chi connectivity index (χ0n) is 7.44. The normalized spacial score (nSPS) is 10.9. The maximum atomic E-state index is 8.76. The summed E-state index contributed by atoms with van der Waals surface area (Å²) in [7, 11) is 0. The summed E-state index contributed by atoms with van der Waals surface area (Å²) in [5.74, 6) is 0. The summed E-state index contributed by atoms with van der Waals surface area (Å²) in [6.45, 7) is 2.61. The molecule has 1 heterocycles. The molecule has 1 aromatic heterocycles. The highest BCUT2D eigenvalue weighted by atomic mass is 16.3. The van der Waals surface area contributed by atoms with E-state index in [1.807, 2.05) is 25.1 Å². The summed E-state index contributed by atoms with van der Waals surface area (Å²) >= 11 is 0. The number of fused-ring (bicyclic) bond motifs is 1. The van der Waals surface area contributed by atoms with Crippen molar-refractivity contribution in [1.82, 2.24) is 15.0 Å². The summed E-state index contributed by atoms with van der Waals surface area (Å²) in [4.78, 5) is 0. The molecule has 0 atom stereocenters. The third-order valence-electron chi connectivity index (χ3n) is 1.98. The second kappa shape index (κ2) is 3.14. The van der Waals surface area contributed by atoms with Crippen molar-refractivity contribution in [2.45, 2.75) is 13.5 Å². The van der Waals surface area contributed by atoms with E-state index in [4.69, 9.17) is 5.11 Å². The van der Waals surface area contributed by atoms with E-state index in [2.05, 4.69) is 10.3 Å². The first-order valence-corrected chi connectivity index (χ1v) is 4.22. The Labute approximate surface area is 75.8 Å². The minimum Gasteiger partial charge on any atom is -0.394 e. The topological polar surface area (TPSA) is 50.9 Å². The van der Waals surface area contributed by atoms with E-state index in [-0.39, 0.29) is 6.61 Å². The van der Waals surface area contributed by atoms with Gasteiger partial charge in [-0.2, -0.15) is 0 Å². The molecule has 0 amide bonds. The third-order valence-corrected chi connectivity index (χ3v) is 1.98. The van der Waals surface area contributed by atoms with Gasteiger partial charge >= 0.3 is 0 Å². The Morgan fingerprint density at radius 3 is 3.08 bits per heavy atom. The van der Waals surface area contributed by atoms with Gasteiger partial charge in [0.1, 0.15) is 5.52 Å². The molecule has 4 heteroatoms. The molecule has 0 radical (unpaired) electrons. The Hall–Kier alpha value is -1.42. The zero-order chi connectivity index (χ0) is 9.26. The van der Waals surface area contributed by atoms with Crippen LogP contribution < -0.4 is 0 Å². The molecule has 0 aliphatic carbocycles. The van der Waals surface area contributed by atoms with E-state index in [1.54, 1.807) is 4.68 Å². The standard InChI is InChI=1S/C9H11N3O/c1-7-2-3-9-8(6-7)10-11-12(9)4-5-13/h2-3,6,13H,4-5H2,1H3. The Balaban J connectivity index is 2.55. The van der Waals surface area contributed by atoms with Crippen LogP contribution in [-0.2, 0) is 6.54 Å². The predicted octanol–water partition coefficient (Wildman–Crippen LogP) is 0.732. The van der Waals surface area contributed by atoms with Crippen molar-refractivity contribution in [3.63, 3.8) is 0 Å². The summed E-state index contributed by atoms with van der Waals surface area (Å²) in [6.07, 6.45) is 0. The second-order valence-electron chi connectivity index (χ2n) is 3.03. The van der Waals surface area contributed by atoms with Gasteiger partial charge in [0.05, 0.1) is 18.7 Å². The van der Waals surface area contributed by atoms with Crippen LogP contribution in [0.3, 0.4) is 0 Å². The monoisotopic (exact) mass is 177 g/mol. The highest BCUT2D eigenvalue weighted by Gasteiger charge is 2.02. The molecule has 2 aromatic rings. The van der Waals surface area contributed by atoms with Crippen LogP contribution in [0.2, 0.25) is 0 Å². The Kier molecular flexibility index (Phi) is 1.98. The van der Waals surface area contributed by atoms with Crippen LogP contribution in [0.1, 0.15) is 5.56 Å². The van der Waals surface area contributed by atoms with Crippen LogP contribution in [0.15, 0.2) is 18.2 Å². The summed E-state index contributed by atoms with van der Waals surface area (Å²) in [5.41, 5.74) is 3.02. The molecule has 0 aliphatic heterocycles. The highest BCUT2D eigenvalue weighted by Crippen LogP contribution is 2.12. The van der Waals surface area contributed by atoms with Gasteiger partial charge in [0, 0.05) is 0 Å². The lowest BCUT2D eigenvalue weighted by Crippen LogP contribution is -2.03. The molecule has 1 N–H and O–H groups in total. The molecule has 2 rings (SSSR count). The highest BCUT2D eigenvalue weighted by molar-refractivity contribution is 5.74. The summed E-state index contributed by atoms with van der Waals surface area (Å²) in [5, 5.41) is 16.7. The van der Waals surface area contributed by atoms with Crippen molar-refractivity contribution in [3.05, 3.63) is 23.8 Å². The minimum atomic E-state index is 0.0896. The van der Waals surface area contributed by atoms with Crippen LogP contribution in [0.25, 0.3) is 11.0 Å². The van der Waals surface area contributed by atoms with Crippen LogP contribution in [0.5, 0.6) is 0 Å². The van der Waals surface area contributed by atoms with Crippen LogP contribution in [0.4, 0.5) is 0 Å². The van der Waals surface area contributed by atoms with Crippen molar-refractivity contribution in [2.75, 3.05) is 6.61 Å². The van der Waals surface area contributed by atoms with E-state index in [1.165, 1.54) is 5.56 Å². The minimum absolute atomic E-state index is 0.0896. The van der Waals surface area contributed by atoms with Crippen LogP contribution in [0, 0.1) is 6.92 Å². The summed E-state index contributed by atoms with van der Waals surface area (Å²) in [6, 6.07) is 5.97. The molecule has 0 fully saturated rings. The van der Waals surface area contributed by atoms with Crippen molar-refractivity contribution in [3.8, 4) is 0 Å². The van der Waals surface area contributed by atoms with Crippen molar-refractivity contribution < 1.29 is 5.11 Å². The summed E-state index contributed by atoms with van der Waals surface area (Å²) < 4.78 is 1.70. The number of rotatable bonds is 2. The fraction of sp³-hybridized carbons (Fsp3) is 0.333. The first-order chi connectivity index (χ1) is 6.31. The average molecular weight is 177 g/mol. The van der Waals surface area contributed by atoms with Gasteiger partial charge in [0.2, 0.25) is 0 Å². The molecule has 0 spiro atoms. The Morgan fingerprint density at radius 1 is 1.46 bits per heavy atom. The predicted molar refractivity (Wildman–Crippen MR) is 49.4 cm³/mol. The number of aromatic nitrogens is 3. The van der Waals surface area contributed by atoms with Crippen molar-refractivity contribution >= 4 is 11.0 Å². The molecule has 0 aliphatic rings. The number of aliphatic hydroxyl groups is 1. The van der Waals surface area contributed by atoms with E-state index in [0.717, 1.165) is 11.0 Å². The Bertz CT molecular complexity index is 422. The van der Waals surface area contributed by atoms with Crippen molar-refractivity contribution in [1.29, 1.82) is 0 Å². The van der Waals surface area contributed by atoms with E-state index in [9.17, 15) is 0 Å². The molecule has 4 nitrogen and oxygen atoms in total. The van der Waals surface area contributed by atoms with Gasteiger partial charge in [-0.3, -0.25) is 0 Å². The largest absolute Gasteiger partial charge is 0.394 e. The average Bonchev–Trinajstić information content (AvgIpc) is 2.49. The van der Waals surface area contributed by atoms with E-state index in [0.29, 0.717) is 6.54 Å². The number of aliphatic hydroxyl groups excluding tert-OH is 1. The molecular formula is C9H11N3O. The van der Waals surface area contributed by atoms with Gasteiger partial charge in [-0.1, -0.05) is 11.3 Å². The SMILES string of the molecule is Cc1ccc2c(c1)nnn2CCO. The maximum absolute atomic E-state index is 8.76. The van der Waals surface area contributed by atoms with Crippen molar-refractivity contribution in [2.24, 2.45) is 0 Å². The van der Waals surface area contributed by atoms with Crippen LogP contribution in [-0.4, -0.2) is 26.7 Å². The van der Waals surface area contributed by atoms with Gasteiger partial charge in [0.25, 0.3) is 0 Å². The maximum Gasteiger partial charge on any atom is 0.113 e. The fourth-order valence-corrected chi connectivity index (χ4v) is 1.34. The molecular weight excluding hydrogens is 166 g/mol. The molecule has 13 heavy (non-hydrogen) atoms. The van der Waals surface area contributed by atoms with Gasteiger partial charge in [-0.15, -0.1) is 5.10 Å². The molecule has 68 valence electrons. The fourth-order valence-electron chi connectivity index (χ4n) is 1.34. The number of hydrogen-bond donors (Lipinski definition) is 1. The molecule has 0 bridgehead atoms. The first kappa shape index (κ1) is 8.19. The smallest absolute Gasteiger partial charge is 0.113 e. The lowest BCUT2D eigenvalue weighted by atomic mass is 10.2. The van der Waals surface area contributed by atoms with Gasteiger partial charge in [0.15, 0.2) is 0 Å². The quantitative estimate of drug-likeness (QED) is 0.735. The first-order valence-electron chi connectivity index (χ1n) is 4.22. The number of aryl methyl sites for hydroxylation is 1. The van der Waals surface area contributed by atoms with E-state index < -0.39 is 0 Å². The van der Waals surface area contributed by atoms with Gasteiger partial charge in [-0.05, 0) is 24.6 Å². The lowest BCUT2D eigenvalue weighted by molar-refractivity contribution is 0.270. The third kappa shape index (κ3) is 1.40. The van der Waals surface area contributed by atoms with Crippen LogP contribution >= 0.6 is 0 Å². The Morgan fingerprint density at radius 2 is 2.31 bits per heavy atom. The molecule has 0 saturated carbocycles. The molecule has 0 saturated heterocycles. The zero-order valence-corrected chi connectivity index (χ0v) is 7.44. The second-order valence-corrected chi connectivity index (χ2v) is 3.03. The molecule has 0 unspecified atom stereocenters. The number of hydrogen-bond acceptors (Lipinski definition) is 3.